The summed E-state index contributed by atoms with van der Waals surface area (Å²) in [6.45, 7) is 2.23. The van der Waals surface area contributed by atoms with Gasteiger partial charge in [0.05, 0.1) is 17.8 Å². The number of piperazine rings is 1. The molecule has 1 saturated heterocycles. The maximum atomic E-state index is 12.2. The number of benzene rings is 1. The molecule has 0 bridgehead atoms. The number of hydrogen-bond donors (Lipinski definition) is 2. The second kappa shape index (κ2) is 5.96. The van der Waals surface area contributed by atoms with Crippen molar-refractivity contribution in [3.05, 3.63) is 23.2 Å². The van der Waals surface area contributed by atoms with Crippen LogP contribution >= 0.6 is 11.6 Å². The van der Waals surface area contributed by atoms with Crippen LogP contribution in [0, 0.1) is 0 Å². The minimum absolute atomic E-state index is 0.430. The molecule has 0 radical (unpaired) electrons. The number of hydrogen-bond acceptors (Lipinski definition) is 4. The van der Waals surface area contributed by atoms with Crippen molar-refractivity contribution in [1.29, 1.82) is 0 Å². The molecule has 19 heavy (non-hydrogen) atoms. The predicted octanol–water partition coefficient (Wildman–Crippen LogP) is 0.911. The molecule has 0 atom stereocenters. The van der Waals surface area contributed by atoms with Crippen LogP contribution in [-0.4, -0.2) is 46.0 Å². The van der Waals surface area contributed by atoms with E-state index < -0.39 is 10.2 Å². The highest BCUT2D eigenvalue weighted by atomic mass is 35.5. The highest BCUT2D eigenvalue weighted by Crippen LogP contribution is 2.28. The molecule has 2 rings (SSSR count). The summed E-state index contributed by atoms with van der Waals surface area (Å²) >= 11 is 5.90. The van der Waals surface area contributed by atoms with Gasteiger partial charge in [0.2, 0.25) is 0 Å². The topological polar surface area (TPSA) is 70.7 Å². The second-order valence-corrected chi connectivity index (χ2v) is 6.18. The average molecular weight is 306 g/mol. The number of ether oxygens (including phenoxy) is 1. The van der Waals surface area contributed by atoms with Gasteiger partial charge in [-0.05, 0) is 12.1 Å². The first-order valence-corrected chi connectivity index (χ1v) is 7.67. The third-order valence-corrected chi connectivity index (χ3v) is 4.66. The summed E-state index contributed by atoms with van der Waals surface area (Å²) in [6.07, 6.45) is 0. The van der Waals surface area contributed by atoms with Gasteiger partial charge in [-0.2, -0.15) is 12.7 Å². The molecular formula is C11H16ClN3O3S. The Balaban J connectivity index is 2.15. The van der Waals surface area contributed by atoms with Crippen molar-refractivity contribution in [3.63, 3.8) is 0 Å². The highest BCUT2D eigenvalue weighted by Gasteiger charge is 2.23. The average Bonchev–Trinajstić information content (AvgIpc) is 2.42. The van der Waals surface area contributed by atoms with Crippen molar-refractivity contribution >= 4 is 27.5 Å². The van der Waals surface area contributed by atoms with Crippen LogP contribution in [0.4, 0.5) is 5.69 Å². The Morgan fingerprint density at radius 1 is 1.37 bits per heavy atom. The summed E-state index contributed by atoms with van der Waals surface area (Å²) in [6, 6.07) is 4.75. The van der Waals surface area contributed by atoms with E-state index in [1.807, 2.05) is 0 Å². The molecule has 0 amide bonds. The quantitative estimate of drug-likeness (QED) is 0.867. The minimum Gasteiger partial charge on any atom is -0.495 e. The van der Waals surface area contributed by atoms with Gasteiger partial charge in [-0.1, -0.05) is 11.6 Å². The fourth-order valence-corrected chi connectivity index (χ4v) is 3.23. The number of nitrogens with one attached hydrogen (secondary N) is 2. The normalized spacial score (nSPS) is 17.2. The van der Waals surface area contributed by atoms with Crippen LogP contribution in [0.2, 0.25) is 5.02 Å². The molecule has 106 valence electrons. The molecule has 0 aromatic heterocycles. The Morgan fingerprint density at radius 2 is 2.05 bits per heavy atom. The largest absolute Gasteiger partial charge is 0.495 e. The molecule has 1 aromatic carbocycles. The summed E-state index contributed by atoms with van der Waals surface area (Å²) < 4.78 is 33.3. The monoisotopic (exact) mass is 305 g/mol. The van der Waals surface area contributed by atoms with E-state index in [0.29, 0.717) is 42.6 Å². The summed E-state index contributed by atoms with van der Waals surface area (Å²) in [4.78, 5) is 0. The lowest BCUT2D eigenvalue weighted by Crippen LogP contribution is -2.48. The maximum Gasteiger partial charge on any atom is 0.301 e. The van der Waals surface area contributed by atoms with Crippen LogP contribution in [0.25, 0.3) is 0 Å². The van der Waals surface area contributed by atoms with Crippen molar-refractivity contribution in [2.45, 2.75) is 0 Å². The number of rotatable bonds is 4. The van der Waals surface area contributed by atoms with Gasteiger partial charge >= 0.3 is 10.2 Å². The Morgan fingerprint density at radius 3 is 2.68 bits per heavy atom. The van der Waals surface area contributed by atoms with Crippen LogP contribution < -0.4 is 14.8 Å². The van der Waals surface area contributed by atoms with E-state index >= 15 is 0 Å². The van der Waals surface area contributed by atoms with Crippen LogP contribution in [-0.2, 0) is 10.2 Å². The zero-order valence-electron chi connectivity index (χ0n) is 10.5. The van der Waals surface area contributed by atoms with Gasteiger partial charge in [-0.25, -0.2) is 0 Å². The van der Waals surface area contributed by atoms with Crippen molar-refractivity contribution in [2.75, 3.05) is 38.0 Å². The third-order valence-electron chi connectivity index (χ3n) is 2.81. The van der Waals surface area contributed by atoms with Gasteiger partial charge in [0, 0.05) is 32.2 Å². The molecule has 1 fully saturated rings. The van der Waals surface area contributed by atoms with Gasteiger partial charge in [0.25, 0.3) is 0 Å². The van der Waals surface area contributed by atoms with E-state index in [9.17, 15) is 8.42 Å². The number of anilines is 1. The van der Waals surface area contributed by atoms with E-state index in [-0.39, 0.29) is 0 Å². The fraction of sp³-hybridized carbons (Fsp3) is 0.455. The standard InChI is InChI=1S/C11H16ClN3O3S/c1-18-11-8-9(2-3-10(11)12)14-19(16,17)15-6-4-13-5-7-15/h2-3,8,13-14H,4-7H2,1H3. The molecule has 1 heterocycles. The highest BCUT2D eigenvalue weighted by molar-refractivity contribution is 7.90. The van der Waals surface area contributed by atoms with Crippen LogP contribution in [0.5, 0.6) is 5.75 Å². The molecular weight excluding hydrogens is 290 g/mol. The van der Waals surface area contributed by atoms with Gasteiger partial charge in [-0.15, -0.1) is 0 Å². The molecule has 0 spiro atoms. The van der Waals surface area contributed by atoms with Crippen molar-refractivity contribution in [3.8, 4) is 5.75 Å². The molecule has 2 N–H and O–H groups in total. The summed E-state index contributed by atoms with van der Waals surface area (Å²) in [5.41, 5.74) is 0.430. The molecule has 6 nitrogen and oxygen atoms in total. The zero-order chi connectivity index (χ0) is 13.9. The van der Waals surface area contributed by atoms with Crippen molar-refractivity contribution in [2.24, 2.45) is 0 Å². The van der Waals surface area contributed by atoms with Crippen molar-refractivity contribution < 1.29 is 13.2 Å². The molecule has 1 aliphatic rings. The van der Waals surface area contributed by atoms with Gasteiger partial charge in [0.1, 0.15) is 5.75 Å². The van der Waals surface area contributed by atoms with E-state index in [4.69, 9.17) is 16.3 Å². The first-order valence-electron chi connectivity index (χ1n) is 5.85. The van der Waals surface area contributed by atoms with Crippen molar-refractivity contribution in [1.82, 2.24) is 9.62 Å². The van der Waals surface area contributed by atoms with E-state index in [2.05, 4.69) is 10.0 Å². The smallest absolute Gasteiger partial charge is 0.301 e. The molecule has 1 aliphatic heterocycles. The van der Waals surface area contributed by atoms with Gasteiger partial charge in [-0.3, -0.25) is 4.72 Å². The first kappa shape index (κ1) is 14.4. The number of nitrogens with zero attached hydrogens (tertiary/aromatic N) is 1. The third kappa shape index (κ3) is 3.50. The van der Waals surface area contributed by atoms with Crippen LogP contribution in [0.1, 0.15) is 0 Å². The Hall–Kier alpha value is -1.02. The van der Waals surface area contributed by atoms with Crippen LogP contribution in [0.15, 0.2) is 18.2 Å². The van der Waals surface area contributed by atoms with E-state index in [0.717, 1.165) is 0 Å². The maximum absolute atomic E-state index is 12.2. The second-order valence-electron chi connectivity index (χ2n) is 4.11. The molecule has 8 heteroatoms. The number of halogens is 1. The lowest BCUT2D eigenvalue weighted by molar-refractivity contribution is 0.362. The summed E-state index contributed by atoms with van der Waals surface area (Å²) in [7, 11) is -2.05. The molecule has 0 unspecified atom stereocenters. The predicted molar refractivity (Wildman–Crippen MR) is 75.0 cm³/mol. The zero-order valence-corrected chi connectivity index (χ0v) is 12.1. The van der Waals surface area contributed by atoms with Crippen LogP contribution in [0.3, 0.4) is 0 Å². The minimum atomic E-state index is -3.53. The molecule has 0 aliphatic carbocycles. The first-order chi connectivity index (χ1) is 9.03. The van der Waals surface area contributed by atoms with E-state index in [1.54, 1.807) is 18.2 Å². The lowest BCUT2D eigenvalue weighted by Gasteiger charge is -2.26. The lowest BCUT2D eigenvalue weighted by atomic mass is 10.3. The Kier molecular flexibility index (Phi) is 4.51. The van der Waals surface area contributed by atoms with E-state index in [1.165, 1.54) is 11.4 Å². The summed E-state index contributed by atoms with van der Waals surface area (Å²) in [5, 5.41) is 3.54. The van der Waals surface area contributed by atoms with Gasteiger partial charge < -0.3 is 10.1 Å². The summed E-state index contributed by atoms with van der Waals surface area (Å²) in [5.74, 6) is 0.433. The Labute approximate surface area is 117 Å². The Bertz CT molecular complexity index is 544. The SMILES string of the molecule is COc1cc(NS(=O)(=O)N2CCNCC2)ccc1Cl. The van der Waals surface area contributed by atoms with Gasteiger partial charge in [0.15, 0.2) is 0 Å². The molecule has 1 aromatic rings. The molecule has 0 saturated carbocycles. The number of methoxy groups -OCH3 is 1. The fourth-order valence-electron chi connectivity index (χ4n) is 1.82.